The molecule has 0 amide bonds. The third kappa shape index (κ3) is 2.85. The van der Waals surface area contributed by atoms with Crippen LogP contribution >= 0.6 is 0 Å². The van der Waals surface area contributed by atoms with E-state index in [0.717, 1.165) is 25.1 Å². The van der Waals surface area contributed by atoms with Crippen LogP contribution in [-0.4, -0.2) is 34.2 Å². The Bertz CT molecular complexity index is 619. The Kier molecular flexibility index (Phi) is 3.55. The van der Waals surface area contributed by atoms with Crippen molar-refractivity contribution in [3.05, 3.63) is 30.2 Å². The highest BCUT2D eigenvalue weighted by Gasteiger charge is 2.37. The Morgan fingerprint density at radius 3 is 3.10 bits per heavy atom. The summed E-state index contributed by atoms with van der Waals surface area (Å²) in [5, 5.41) is 13.4. The minimum Gasteiger partial charge on any atom is -0.481 e. The van der Waals surface area contributed by atoms with Gasteiger partial charge in [-0.3, -0.25) is 9.69 Å². The molecule has 1 fully saturated rings. The quantitative estimate of drug-likeness (QED) is 0.932. The van der Waals surface area contributed by atoms with Crippen molar-refractivity contribution in [2.24, 2.45) is 5.41 Å². The second kappa shape index (κ2) is 5.37. The lowest BCUT2D eigenvalue weighted by atomic mass is 9.82. The van der Waals surface area contributed by atoms with Crippen molar-refractivity contribution < 1.29 is 18.8 Å². The molecule has 6 nitrogen and oxygen atoms in total. The molecule has 1 aliphatic rings. The number of hydrogen-bond acceptors (Lipinski definition) is 5. The number of aromatic nitrogens is 1. The minimum absolute atomic E-state index is 0.533. The number of hydrogen-bond donors (Lipinski definition) is 1. The molecule has 0 radical (unpaired) electrons. The molecular formula is C15H18N2O4. The van der Waals surface area contributed by atoms with Crippen LogP contribution < -0.4 is 0 Å². The SMILES string of the molecule is CC1(C(=O)O)CCCN(Cc2cc(-c3ccco3)on2)C1. The summed E-state index contributed by atoms with van der Waals surface area (Å²) in [6.45, 7) is 3.81. The van der Waals surface area contributed by atoms with Crippen LogP contribution in [-0.2, 0) is 11.3 Å². The summed E-state index contributed by atoms with van der Waals surface area (Å²) >= 11 is 0. The monoisotopic (exact) mass is 290 g/mol. The van der Waals surface area contributed by atoms with Crippen molar-refractivity contribution in [1.29, 1.82) is 0 Å². The molecule has 2 aromatic heterocycles. The number of carboxylic acid groups (broad SMARTS) is 1. The fourth-order valence-electron chi connectivity index (χ4n) is 2.80. The maximum Gasteiger partial charge on any atom is 0.310 e. The van der Waals surface area contributed by atoms with Gasteiger partial charge in [-0.1, -0.05) is 5.16 Å². The van der Waals surface area contributed by atoms with Crippen molar-refractivity contribution in [3.63, 3.8) is 0 Å². The molecule has 2 aromatic rings. The first-order valence-corrected chi connectivity index (χ1v) is 7.02. The Hall–Kier alpha value is -2.08. The zero-order valence-electron chi connectivity index (χ0n) is 11.9. The highest BCUT2D eigenvalue weighted by molar-refractivity contribution is 5.74. The largest absolute Gasteiger partial charge is 0.481 e. The van der Waals surface area contributed by atoms with E-state index in [0.29, 0.717) is 24.6 Å². The molecule has 1 N–H and O–H groups in total. The molecule has 1 unspecified atom stereocenters. The number of likely N-dealkylation sites (tertiary alicyclic amines) is 1. The van der Waals surface area contributed by atoms with Crippen molar-refractivity contribution in [2.75, 3.05) is 13.1 Å². The predicted molar refractivity (Wildman–Crippen MR) is 74.5 cm³/mol. The van der Waals surface area contributed by atoms with E-state index >= 15 is 0 Å². The number of piperidine rings is 1. The van der Waals surface area contributed by atoms with Gasteiger partial charge < -0.3 is 14.0 Å². The van der Waals surface area contributed by atoms with Gasteiger partial charge in [0.2, 0.25) is 5.76 Å². The summed E-state index contributed by atoms with van der Waals surface area (Å²) in [4.78, 5) is 13.5. The summed E-state index contributed by atoms with van der Waals surface area (Å²) in [5.74, 6) is 0.499. The molecule has 0 saturated carbocycles. The van der Waals surface area contributed by atoms with Gasteiger partial charge in [0.05, 0.1) is 17.4 Å². The van der Waals surface area contributed by atoms with Crippen molar-refractivity contribution in [2.45, 2.75) is 26.3 Å². The van der Waals surface area contributed by atoms with E-state index in [2.05, 4.69) is 10.1 Å². The Morgan fingerprint density at radius 1 is 1.52 bits per heavy atom. The third-order valence-electron chi connectivity index (χ3n) is 4.00. The van der Waals surface area contributed by atoms with Gasteiger partial charge in [-0.25, -0.2) is 0 Å². The van der Waals surface area contributed by atoms with Gasteiger partial charge in [-0.2, -0.15) is 0 Å². The van der Waals surface area contributed by atoms with Crippen LogP contribution in [0.4, 0.5) is 0 Å². The molecular weight excluding hydrogens is 272 g/mol. The topological polar surface area (TPSA) is 79.7 Å². The number of rotatable bonds is 4. The highest BCUT2D eigenvalue weighted by atomic mass is 16.5. The number of carbonyl (C=O) groups is 1. The molecule has 21 heavy (non-hydrogen) atoms. The van der Waals surface area contributed by atoms with Crippen LogP contribution in [0.2, 0.25) is 0 Å². The van der Waals surface area contributed by atoms with Gasteiger partial charge in [0.1, 0.15) is 0 Å². The van der Waals surface area contributed by atoms with Gasteiger partial charge in [0, 0.05) is 19.2 Å². The Labute approximate surface area is 122 Å². The molecule has 112 valence electrons. The van der Waals surface area contributed by atoms with Crippen LogP contribution in [0, 0.1) is 5.41 Å². The lowest BCUT2D eigenvalue weighted by Gasteiger charge is -2.37. The number of furan rings is 1. The lowest BCUT2D eigenvalue weighted by molar-refractivity contribution is -0.151. The van der Waals surface area contributed by atoms with Crippen molar-refractivity contribution in [3.8, 4) is 11.5 Å². The molecule has 0 aromatic carbocycles. The van der Waals surface area contributed by atoms with Crippen LogP contribution in [0.15, 0.2) is 33.4 Å². The first-order valence-electron chi connectivity index (χ1n) is 7.02. The second-order valence-electron chi connectivity index (χ2n) is 5.84. The first kappa shape index (κ1) is 13.9. The molecule has 1 atom stereocenters. The predicted octanol–water partition coefficient (Wildman–Crippen LogP) is 2.62. The number of carboxylic acids is 1. The summed E-state index contributed by atoms with van der Waals surface area (Å²) in [7, 11) is 0. The lowest BCUT2D eigenvalue weighted by Crippen LogP contribution is -2.45. The van der Waals surface area contributed by atoms with Gasteiger partial charge in [0.15, 0.2) is 5.76 Å². The molecule has 0 spiro atoms. The molecule has 1 saturated heterocycles. The van der Waals surface area contributed by atoms with Crippen molar-refractivity contribution in [1.82, 2.24) is 10.1 Å². The van der Waals surface area contributed by atoms with E-state index in [1.54, 1.807) is 19.3 Å². The summed E-state index contributed by atoms with van der Waals surface area (Å²) in [6, 6.07) is 5.44. The number of aliphatic carboxylic acids is 1. The second-order valence-corrected chi connectivity index (χ2v) is 5.84. The zero-order chi connectivity index (χ0) is 14.9. The van der Waals surface area contributed by atoms with Gasteiger partial charge in [-0.05, 0) is 38.4 Å². The average Bonchev–Trinajstić information content (AvgIpc) is 3.08. The molecule has 1 aliphatic heterocycles. The van der Waals surface area contributed by atoms with Gasteiger partial charge >= 0.3 is 5.97 Å². The van der Waals surface area contributed by atoms with Crippen LogP contribution in [0.25, 0.3) is 11.5 Å². The molecule has 3 heterocycles. The summed E-state index contributed by atoms with van der Waals surface area (Å²) < 4.78 is 10.5. The first-order chi connectivity index (χ1) is 10.1. The summed E-state index contributed by atoms with van der Waals surface area (Å²) in [6.07, 6.45) is 3.18. The van der Waals surface area contributed by atoms with Crippen LogP contribution in [0.5, 0.6) is 0 Å². The third-order valence-corrected chi connectivity index (χ3v) is 4.00. The molecule has 3 rings (SSSR count). The van der Waals surface area contributed by atoms with Gasteiger partial charge in [-0.15, -0.1) is 0 Å². The molecule has 0 bridgehead atoms. The highest BCUT2D eigenvalue weighted by Crippen LogP contribution is 2.30. The summed E-state index contributed by atoms with van der Waals surface area (Å²) in [5.41, 5.74) is 0.113. The van der Waals surface area contributed by atoms with E-state index in [-0.39, 0.29) is 0 Å². The molecule has 6 heteroatoms. The Balaban J connectivity index is 1.68. The van der Waals surface area contributed by atoms with Crippen molar-refractivity contribution >= 4 is 5.97 Å². The zero-order valence-corrected chi connectivity index (χ0v) is 11.9. The fourth-order valence-corrected chi connectivity index (χ4v) is 2.80. The van der Waals surface area contributed by atoms with Crippen LogP contribution in [0.3, 0.4) is 0 Å². The number of nitrogens with zero attached hydrogens (tertiary/aromatic N) is 2. The van der Waals surface area contributed by atoms with E-state index in [1.165, 1.54) is 0 Å². The molecule has 0 aliphatic carbocycles. The normalized spacial score (nSPS) is 23.3. The maximum absolute atomic E-state index is 11.4. The average molecular weight is 290 g/mol. The van der Waals surface area contributed by atoms with E-state index in [1.807, 2.05) is 12.1 Å². The van der Waals surface area contributed by atoms with Gasteiger partial charge in [0.25, 0.3) is 0 Å². The van der Waals surface area contributed by atoms with Crippen LogP contribution in [0.1, 0.15) is 25.5 Å². The van der Waals surface area contributed by atoms with E-state index < -0.39 is 11.4 Å². The van der Waals surface area contributed by atoms with E-state index in [4.69, 9.17) is 8.94 Å². The van der Waals surface area contributed by atoms with E-state index in [9.17, 15) is 9.90 Å². The smallest absolute Gasteiger partial charge is 0.310 e. The Morgan fingerprint density at radius 2 is 2.38 bits per heavy atom. The standard InChI is InChI=1S/C15H18N2O4/c1-15(14(18)19)5-3-6-17(10-15)9-11-8-13(21-16-11)12-4-2-7-20-12/h2,4,7-8H,3,5-6,9-10H2,1H3,(H,18,19). The fraction of sp³-hybridized carbons (Fsp3) is 0.467. The minimum atomic E-state index is -0.733. The maximum atomic E-state index is 11.4.